The quantitative estimate of drug-likeness (QED) is 0.688. The molecule has 0 heterocycles. The van der Waals surface area contributed by atoms with Gasteiger partial charge in [0.25, 0.3) is 0 Å². The van der Waals surface area contributed by atoms with Crippen molar-refractivity contribution in [2.75, 3.05) is 25.4 Å². The summed E-state index contributed by atoms with van der Waals surface area (Å²) >= 11 is 0. The van der Waals surface area contributed by atoms with E-state index in [-0.39, 0.29) is 6.04 Å². The molecule has 0 bridgehead atoms. The molecule has 0 aromatic rings. The lowest BCUT2D eigenvalue weighted by molar-refractivity contribution is -0.119. The molecular weight excluding hydrogens is 290 g/mol. The predicted octanol–water partition coefficient (Wildman–Crippen LogP) is 0.682. The number of amides is 1. The largest absolute Gasteiger partial charge is 0.351 e. The minimum absolute atomic E-state index is 0.107. The van der Waals surface area contributed by atoms with E-state index < -0.39 is 21.7 Å². The predicted molar refractivity (Wildman–Crippen MR) is 84.3 cm³/mol. The van der Waals surface area contributed by atoms with Crippen molar-refractivity contribution < 1.29 is 13.2 Å². The SMILES string of the molecule is CCN(CC)S(=O)(=O)CC(=O)NC(CN)C1CCCCC1. The summed E-state index contributed by atoms with van der Waals surface area (Å²) in [6, 6.07) is -0.107. The summed E-state index contributed by atoms with van der Waals surface area (Å²) < 4.78 is 25.5. The van der Waals surface area contributed by atoms with E-state index in [0.717, 1.165) is 25.7 Å². The Morgan fingerprint density at radius 1 is 1.24 bits per heavy atom. The molecule has 1 amide bonds. The first kappa shape index (κ1) is 18.4. The summed E-state index contributed by atoms with van der Waals surface area (Å²) in [6.45, 7) is 4.67. The summed E-state index contributed by atoms with van der Waals surface area (Å²) in [6.07, 6.45) is 5.68. The molecule has 0 aromatic heterocycles. The molecule has 3 N–H and O–H groups in total. The van der Waals surface area contributed by atoms with Gasteiger partial charge in [-0.15, -0.1) is 0 Å². The van der Waals surface area contributed by atoms with Crippen molar-refractivity contribution in [3.05, 3.63) is 0 Å². The van der Waals surface area contributed by atoms with Crippen LogP contribution in [0.25, 0.3) is 0 Å². The third-order valence-electron chi connectivity index (χ3n) is 4.23. The lowest BCUT2D eigenvalue weighted by Crippen LogP contribution is -2.49. The topological polar surface area (TPSA) is 92.5 Å². The lowest BCUT2D eigenvalue weighted by Gasteiger charge is -2.30. The highest BCUT2D eigenvalue weighted by molar-refractivity contribution is 7.89. The van der Waals surface area contributed by atoms with Gasteiger partial charge in [0.1, 0.15) is 5.75 Å². The van der Waals surface area contributed by atoms with Gasteiger partial charge in [-0.05, 0) is 18.8 Å². The van der Waals surface area contributed by atoms with Crippen LogP contribution in [0.4, 0.5) is 0 Å². The molecular formula is C14H29N3O3S. The number of hydrogen-bond donors (Lipinski definition) is 2. The van der Waals surface area contributed by atoms with Gasteiger partial charge in [-0.2, -0.15) is 0 Å². The fourth-order valence-electron chi connectivity index (χ4n) is 3.03. The minimum Gasteiger partial charge on any atom is -0.351 e. The molecule has 1 aliphatic carbocycles. The molecule has 124 valence electrons. The van der Waals surface area contributed by atoms with Gasteiger partial charge in [0.2, 0.25) is 15.9 Å². The van der Waals surface area contributed by atoms with Crippen molar-refractivity contribution in [1.82, 2.24) is 9.62 Å². The number of carbonyl (C=O) groups excluding carboxylic acids is 1. The molecule has 6 nitrogen and oxygen atoms in total. The molecule has 1 unspecified atom stereocenters. The Morgan fingerprint density at radius 2 is 1.81 bits per heavy atom. The highest BCUT2D eigenvalue weighted by atomic mass is 32.2. The molecule has 1 saturated carbocycles. The van der Waals surface area contributed by atoms with Crippen LogP contribution in [-0.4, -0.2) is 50.1 Å². The van der Waals surface area contributed by atoms with Gasteiger partial charge >= 0.3 is 0 Å². The van der Waals surface area contributed by atoms with Crippen molar-refractivity contribution in [2.24, 2.45) is 11.7 Å². The van der Waals surface area contributed by atoms with Crippen molar-refractivity contribution in [3.63, 3.8) is 0 Å². The van der Waals surface area contributed by atoms with E-state index in [0.29, 0.717) is 25.6 Å². The smallest absolute Gasteiger partial charge is 0.236 e. The van der Waals surface area contributed by atoms with Crippen LogP contribution in [0.1, 0.15) is 46.0 Å². The van der Waals surface area contributed by atoms with Crippen molar-refractivity contribution in [2.45, 2.75) is 52.0 Å². The third kappa shape index (κ3) is 5.56. The Hall–Kier alpha value is -0.660. The number of rotatable bonds is 8. The molecule has 1 atom stereocenters. The van der Waals surface area contributed by atoms with Crippen LogP contribution >= 0.6 is 0 Å². The molecule has 1 aliphatic rings. The minimum atomic E-state index is -3.53. The molecule has 0 aliphatic heterocycles. The van der Waals surface area contributed by atoms with E-state index >= 15 is 0 Å². The number of nitrogens with two attached hydrogens (primary N) is 1. The maximum Gasteiger partial charge on any atom is 0.236 e. The van der Waals surface area contributed by atoms with Crippen LogP contribution in [-0.2, 0) is 14.8 Å². The van der Waals surface area contributed by atoms with Crippen molar-refractivity contribution in [3.8, 4) is 0 Å². The number of hydrogen-bond acceptors (Lipinski definition) is 4. The number of sulfonamides is 1. The zero-order valence-corrected chi connectivity index (χ0v) is 14.0. The van der Waals surface area contributed by atoms with Gasteiger partial charge < -0.3 is 11.1 Å². The summed E-state index contributed by atoms with van der Waals surface area (Å²) in [5, 5.41) is 2.83. The average Bonchev–Trinajstić information content (AvgIpc) is 2.46. The Kier molecular flexibility index (Phi) is 7.62. The van der Waals surface area contributed by atoms with Gasteiger partial charge in [0.05, 0.1) is 0 Å². The fourth-order valence-corrected chi connectivity index (χ4v) is 4.41. The number of carbonyl (C=O) groups is 1. The van der Waals surface area contributed by atoms with Gasteiger partial charge in [0, 0.05) is 25.7 Å². The first-order valence-electron chi connectivity index (χ1n) is 7.91. The summed E-state index contributed by atoms with van der Waals surface area (Å²) in [5.74, 6) is -0.551. The van der Waals surface area contributed by atoms with E-state index in [4.69, 9.17) is 5.73 Å². The molecule has 0 aromatic carbocycles. The first-order valence-corrected chi connectivity index (χ1v) is 9.52. The molecule has 7 heteroatoms. The second kappa shape index (κ2) is 8.70. The number of nitrogens with one attached hydrogen (secondary N) is 1. The second-order valence-electron chi connectivity index (χ2n) is 5.65. The fraction of sp³-hybridized carbons (Fsp3) is 0.929. The van der Waals surface area contributed by atoms with E-state index in [1.807, 2.05) is 0 Å². The molecule has 21 heavy (non-hydrogen) atoms. The summed E-state index contributed by atoms with van der Waals surface area (Å²) in [4.78, 5) is 12.0. The highest BCUT2D eigenvalue weighted by Gasteiger charge is 2.27. The first-order chi connectivity index (χ1) is 9.94. The summed E-state index contributed by atoms with van der Waals surface area (Å²) in [5.41, 5.74) is 5.75. The Balaban J connectivity index is 2.58. The summed E-state index contributed by atoms with van der Waals surface area (Å²) in [7, 11) is -3.53. The molecule has 0 spiro atoms. The lowest BCUT2D eigenvalue weighted by atomic mass is 9.84. The zero-order valence-electron chi connectivity index (χ0n) is 13.2. The highest BCUT2D eigenvalue weighted by Crippen LogP contribution is 2.26. The van der Waals surface area contributed by atoms with E-state index in [2.05, 4.69) is 5.32 Å². The van der Waals surface area contributed by atoms with Crippen LogP contribution in [0.5, 0.6) is 0 Å². The molecule has 1 fully saturated rings. The monoisotopic (exact) mass is 319 g/mol. The van der Waals surface area contributed by atoms with E-state index in [1.165, 1.54) is 10.7 Å². The molecule has 0 radical (unpaired) electrons. The van der Waals surface area contributed by atoms with E-state index in [1.54, 1.807) is 13.8 Å². The van der Waals surface area contributed by atoms with Crippen LogP contribution in [0.3, 0.4) is 0 Å². The maximum absolute atomic E-state index is 12.1. The van der Waals surface area contributed by atoms with Crippen molar-refractivity contribution in [1.29, 1.82) is 0 Å². The van der Waals surface area contributed by atoms with Gasteiger partial charge in [-0.3, -0.25) is 4.79 Å². The Morgan fingerprint density at radius 3 is 2.29 bits per heavy atom. The Bertz CT molecular complexity index is 415. The van der Waals surface area contributed by atoms with Crippen LogP contribution in [0.15, 0.2) is 0 Å². The average molecular weight is 319 g/mol. The normalized spacial score (nSPS) is 18.7. The third-order valence-corrected chi connectivity index (χ3v) is 6.16. The van der Waals surface area contributed by atoms with Gasteiger partial charge in [-0.1, -0.05) is 33.1 Å². The van der Waals surface area contributed by atoms with E-state index in [9.17, 15) is 13.2 Å². The van der Waals surface area contributed by atoms with Crippen molar-refractivity contribution >= 4 is 15.9 Å². The molecule has 1 rings (SSSR count). The van der Waals surface area contributed by atoms with Gasteiger partial charge in [-0.25, -0.2) is 12.7 Å². The van der Waals surface area contributed by atoms with Crippen LogP contribution in [0.2, 0.25) is 0 Å². The van der Waals surface area contributed by atoms with Crippen LogP contribution in [0, 0.1) is 5.92 Å². The van der Waals surface area contributed by atoms with Gasteiger partial charge in [0.15, 0.2) is 0 Å². The standard InChI is InChI=1S/C14H29N3O3S/c1-3-17(4-2)21(19,20)11-14(18)16-13(10-15)12-8-6-5-7-9-12/h12-13H,3-11,15H2,1-2H3,(H,16,18). The van der Waals surface area contributed by atoms with Crippen LogP contribution < -0.4 is 11.1 Å². The zero-order chi connectivity index (χ0) is 15.9. The maximum atomic E-state index is 12.1. The Labute approximate surface area is 128 Å². The second-order valence-corrected chi connectivity index (χ2v) is 7.62. The number of nitrogens with zero attached hydrogens (tertiary/aromatic N) is 1. The molecule has 0 saturated heterocycles.